The quantitative estimate of drug-likeness (QED) is 0.579. The van der Waals surface area contributed by atoms with Crippen LogP contribution in [0.5, 0.6) is 0 Å². The summed E-state index contributed by atoms with van der Waals surface area (Å²) >= 11 is 0. The van der Waals surface area contributed by atoms with E-state index in [0.29, 0.717) is 0 Å². The maximum atomic E-state index is 10.9. The minimum atomic E-state index is -0.514. The maximum Gasteiger partial charge on any atom is 0.411 e. The monoisotopic (exact) mass is 161 g/mol. The highest BCUT2D eigenvalue weighted by Gasteiger charge is 2.18. The molecule has 0 aromatic heterocycles. The summed E-state index contributed by atoms with van der Waals surface area (Å²) in [6.07, 6.45) is -0.514. The van der Waals surface area contributed by atoms with Crippen LogP contribution in [-0.4, -0.2) is 35.5 Å². The van der Waals surface area contributed by atoms with E-state index in [-0.39, 0.29) is 6.73 Å². The lowest BCUT2D eigenvalue weighted by molar-refractivity contribution is 0.0136. The summed E-state index contributed by atoms with van der Waals surface area (Å²) in [4.78, 5) is 12.0. The molecule has 66 valence electrons. The van der Waals surface area contributed by atoms with E-state index < -0.39 is 11.7 Å². The molecule has 4 nitrogen and oxygen atoms in total. The smallest absolute Gasteiger partial charge is 0.411 e. The van der Waals surface area contributed by atoms with Gasteiger partial charge < -0.3 is 9.84 Å². The van der Waals surface area contributed by atoms with Crippen LogP contribution in [0, 0.1) is 0 Å². The topological polar surface area (TPSA) is 49.8 Å². The summed E-state index contributed by atoms with van der Waals surface area (Å²) in [7, 11) is 1.47. The van der Waals surface area contributed by atoms with Crippen LogP contribution in [0.3, 0.4) is 0 Å². The fourth-order valence-corrected chi connectivity index (χ4v) is 0.398. The highest BCUT2D eigenvalue weighted by molar-refractivity contribution is 5.67. The summed E-state index contributed by atoms with van der Waals surface area (Å²) in [5.74, 6) is 0. The van der Waals surface area contributed by atoms with Crippen molar-refractivity contribution in [1.82, 2.24) is 4.90 Å². The van der Waals surface area contributed by atoms with Gasteiger partial charge in [0.05, 0.1) is 0 Å². The highest BCUT2D eigenvalue weighted by atomic mass is 16.6. The first-order chi connectivity index (χ1) is 4.87. The van der Waals surface area contributed by atoms with E-state index in [1.807, 2.05) is 0 Å². The highest BCUT2D eigenvalue weighted by Crippen LogP contribution is 2.08. The fraction of sp³-hybridized carbons (Fsp3) is 0.857. The first-order valence-corrected chi connectivity index (χ1v) is 3.42. The Morgan fingerprint density at radius 3 is 2.27 bits per heavy atom. The molecule has 0 aromatic carbocycles. The molecule has 1 N–H and O–H groups in total. The standard InChI is InChI=1S/C7H15NO3/c1-7(2,3)11-6(10)8(4)5-9/h9H,5H2,1-4H3. The van der Waals surface area contributed by atoms with E-state index in [1.54, 1.807) is 20.8 Å². The Labute approximate surface area is 66.8 Å². The van der Waals surface area contributed by atoms with Crippen molar-refractivity contribution in [2.45, 2.75) is 26.4 Å². The van der Waals surface area contributed by atoms with Gasteiger partial charge in [0.1, 0.15) is 12.3 Å². The first-order valence-electron chi connectivity index (χ1n) is 3.42. The zero-order valence-electron chi connectivity index (χ0n) is 7.42. The van der Waals surface area contributed by atoms with Gasteiger partial charge in [-0.05, 0) is 20.8 Å². The third-order valence-corrected chi connectivity index (χ3v) is 0.917. The van der Waals surface area contributed by atoms with E-state index >= 15 is 0 Å². The van der Waals surface area contributed by atoms with Crippen LogP contribution in [0.2, 0.25) is 0 Å². The van der Waals surface area contributed by atoms with Crippen molar-refractivity contribution in [3.05, 3.63) is 0 Å². The Balaban J connectivity index is 3.88. The first kappa shape index (κ1) is 10.2. The number of carbonyl (C=O) groups is 1. The molecule has 0 atom stereocenters. The second-order valence-electron chi connectivity index (χ2n) is 3.32. The minimum absolute atomic E-state index is 0.324. The summed E-state index contributed by atoms with van der Waals surface area (Å²) in [5.41, 5.74) is -0.499. The van der Waals surface area contributed by atoms with Crippen molar-refractivity contribution in [2.75, 3.05) is 13.8 Å². The predicted molar refractivity (Wildman–Crippen MR) is 41.1 cm³/mol. The maximum absolute atomic E-state index is 10.9. The van der Waals surface area contributed by atoms with E-state index in [2.05, 4.69) is 0 Å². The lowest BCUT2D eigenvalue weighted by Crippen LogP contribution is -2.34. The van der Waals surface area contributed by atoms with Crippen LogP contribution in [0.15, 0.2) is 0 Å². The van der Waals surface area contributed by atoms with E-state index in [4.69, 9.17) is 9.84 Å². The number of hydrogen-bond donors (Lipinski definition) is 1. The van der Waals surface area contributed by atoms with Gasteiger partial charge in [0.15, 0.2) is 0 Å². The molecule has 0 aliphatic carbocycles. The summed E-state index contributed by atoms with van der Waals surface area (Å²) < 4.78 is 4.92. The largest absolute Gasteiger partial charge is 0.444 e. The average molecular weight is 161 g/mol. The van der Waals surface area contributed by atoms with E-state index in [9.17, 15) is 4.79 Å². The Kier molecular flexibility index (Phi) is 3.32. The molecule has 0 saturated heterocycles. The van der Waals surface area contributed by atoms with Crippen LogP contribution in [0.25, 0.3) is 0 Å². The number of ether oxygens (including phenoxy) is 1. The molecule has 4 heteroatoms. The molecule has 0 aromatic rings. The normalized spacial score (nSPS) is 11.0. The lowest BCUT2D eigenvalue weighted by atomic mass is 10.2. The van der Waals surface area contributed by atoms with E-state index in [1.165, 1.54) is 7.05 Å². The van der Waals surface area contributed by atoms with Crippen LogP contribution in [0.4, 0.5) is 4.79 Å². The summed E-state index contributed by atoms with van der Waals surface area (Å²) in [6, 6.07) is 0. The molecule has 0 unspecified atom stereocenters. The summed E-state index contributed by atoms with van der Waals surface area (Å²) in [6.45, 7) is 5.00. The van der Waals surface area contributed by atoms with Crippen molar-refractivity contribution >= 4 is 6.09 Å². The van der Waals surface area contributed by atoms with Crippen LogP contribution < -0.4 is 0 Å². The van der Waals surface area contributed by atoms with Crippen LogP contribution >= 0.6 is 0 Å². The molecule has 0 rings (SSSR count). The molecular weight excluding hydrogens is 146 g/mol. The Morgan fingerprint density at radius 2 is 2.00 bits per heavy atom. The number of nitrogens with zero attached hydrogens (tertiary/aromatic N) is 1. The number of aliphatic hydroxyl groups is 1. The average Bonchev–Trinajstić information content (AvgIpc) is 1.82. The van der Waals surface area contributed by atoms with Gasteiger partial charge in [-0.3, -0.25) is 4.90 Å². The number of rotatable bonds is 1. The van der Waals surface area contributed by atoms with Crippen molar-refractivity contribution in [3.63, 3.8) is 0 Å². The van der Waals surface area contributed by atoms with Gasteiger partial charge >= 0.3 is 6.09 Å². The molecule has 0 aliphatic heterocycles. The van der Waals surface area contributed by atoms with Gasteiger partial charge in [0, 0.05) is 7.05 Å². The number of amides is 1. The van der Waals surface area contributed by atoms with E-state index in [0.717, 1.165) is 4.90 Å². The molecule has 0 heterocycles. The molecule has 0 radical (unpaired) electrons. The van der Waals surface area contributed by atoms with Crippen LogP contribution in [-0.2, 0) is 4.74 Å². The Hall–Kier alpha value is -0.770. The van der Waals surface area contributed by atoms with Gasteiger partial charge in [-0.15, -0.1) is 0 Å². The molecule has 0 saturated carbocycles. The third kappa shape index (κ3) is 4.61. The minimum Gasteiger partial charge on any atom is -0.444 e. The van der Waals surface area contributed by atoms with Gasteiger partial charge in [-0.1, -0.05) is 0 Å². The van der Waals surface area contributed by atoms with Gasteiger partial charge in [-0.25, -0.2) is 4.79 Å². The van der Waals surface area contributed by atoms with Crippen molar-refractivity contribution < 1.29 is 14.6 Å². The van der Waals surface area contributed by atoms with Gasteiger partial charge in [0.25, 0.3) is 0 Å². The lowest BCUT2D eigenvalue weighted by Gasteiger charge is -2.23. The number of carbonyl (C=O) groups excluding carboxylic acids is 1. The molecule has 1 amide bonds. The van der Waals surface area contributed by atoms with Crippen molar-refractivity contribution in [2.24, 2.45) is 0 Å². The summed E-state index contributed by atoms with van der Waals surface area (Å²) in [5, 5.41) is 8.53. The fourth-order valence-electron chi connectivity index (χ4n) is 0.398. The van der Waals surface area contributed by atoms with Crippen LogP contribution in [0.1, 0.15) is 20.8 Å². The Morgan fingerprint density at radius 1 is 1.55 bits per heavy atom. The molecule has 0 aliphatic rings. The number of aliphatic hydroxyl groups excluding tert-OH is 1. The SMILES string of the molecule is CN(CO)C(=O)OC(C)(C)C. The van der Waals surface area contributed by atoms with Gasteiger partial charge in [0.2, 0.25) is 0 Å². The zero-order valence-corrected chi connectivity index (χ0v) is 7.42. The molecular formula is C7H15NO3. The third-order valence-electron chi connectivity index (χ3n) is 0.917. The molecule has 11 heavy (non-hydrogen) atoms. The molecule has 0 spiro atoms. The predicted octanol–water partition coefficient (Wildman–Crippen LogP) is 0.803. The second-order valence-corrected chi connectivity index (χ2v) is 3.32. The molecule has 0 fully saturated rings. The van der Waals surface area contributed by atoms with Crippen molar-refractivity contribution in [3.8, 4) is 0 Å². The Bertz CT molecular complexity index is 139. The molecule has 0 bridgehead atoms. The second kappa shape index (κ2) is 3.57. The zero-order chi connectivity index (χ0) is 9.07. The van der Waals surface area contributed by atoms with Gasteiger partial charge in [-0.2, -0.15) is 0 Å². The van der Waals surface area contributed by atoms with Crippen molar-refractivity contribution in [1.29, 1.82) is 0 Å². The number of hydrogen-bond acceptors (Lipinski definition) is 3.